The fraction of sp³-hybridized carbons (Fsp3) is 0.0714. The van der Waals surface area contributed by atoms with Crippen LogP contribution in [-0.4, -0.2) is 22.8 Å². The molecular formula is C14H6F3NO4S. The molecule has 1 aromatic heterocycles. The first-order valence-corrected chi connectivity index (χ1v) is 7.03. The van der Waals surface area contributed by atoms with E-state index >= 15 is 0 Å². The zero-order chi connectivity index (χ0) is 16.8. The Morgan fingerprint density at radius 3 is 2.13 bits per heavy atom. The molecule has 1 aromatic carbocycles. The Bertz CT molecular complexity index is 792. The lowest BCUT2D eigenvalue weighted by Gasteiger charge is -2.13. The second-order valence-corrected chi connectivity index (χ2v) is 5.41. The smallest absolute Gasteiger partial charge is 0.324 e. The van der Waals surface area contributed by atoms with Crippen LogP contribution in [-0.2, 0) is 11.0 Å². The van der Waals surface area contributed by atoms with Gasteiger partial charge in [-0.25, -0.2) is 4.79 Å². The Morgan fingerprint density at radius 1 is 1.04 bits per heavy atom. The zero-order valence-corrected chi connectivity index (χ0v) is 11.9. The first-order valence-electron chi connectivity index (χ1n) is 6.15. The van der Waals surface area contributed by atoms with Gasteiger partial charge in [0.2, 0.25) is 0 Å². The maximum Gasteiger partial charge on any atom is 0.426 e. The van der Waals surface area contributed by atoms with E-state index in [-0.39, 0.29) is 16.2 Å². The van der Waals surface area contributed by atoms with E-state index in [0.29, 0.717) is 11.3 Å². The molecule has 118 valence electrons. The number of carbonyl (C=O) groups excluding carboxylic acids is 3. The average molecular weight is 341 g/mol. The quantitative estimate of drug-likeness (QED) is 0.787. The normalized spacial score (nSPS) is 14.1. The van der Waals surface area contributed by atoms with E-state index in [9.17, 15) is 27.6 Å². The Hall–Kier alpha value is -2.68. The van der Waals surface area contributed by atoms with E-state index in [0.717, 1.165) is 11.4 Å². The lowest BCUT2D eigenvalue weighted by atomic mass is 10.1. The molecule has 0 radical (unpaired) electrons. The van der Waals surface area contributed by atoms with Gasteiger partial charge in [0.15, 0.2) is 0 Å². The molecule has 0 bridgehead atoms. The summed E-state index contributed by atoms with van der Waals surface area (Å²) in [5, 5.41) is 1.24. The number of thiophene rings is 1. The van der Waals surface area contributed by atoms with E-state index in [2.05, 4.69) is 4.84 Å². The van der Waals surface area contributed by atoms with Gasteiger partial charge in [0.1, 0.15) is 4.88 Å². The predicted molar refractivity (Wildman–Crippen MR) is 71.7 cm³/mol. The molecule has 3 rings (SSSR count). The van der Waals surface area contributed by atoms with E-state index in [1.54, 1.807) is 0 Å². The summed E-state index contributed by atoms with van der Waals surface area (Å²) in [7, 11) is 0. The molecule has 0 saturated heterocycles. The van der Waals surface area contributed by atoms with Crippen molar-refractivity contribution in [1.29, 1.82) is 0 Å². The number of amides is 2. The van der Waals surface area contributed by atoms with Crippen LogP contribution in [0, 0.1) is 0 Å². The molecular weight excluding hydrogens is 335 g/mol. The van der Waals surface area contributed by atoms with Crippen molar-refractivity contribution in [3.05, 3.63) is 57.3 Å². The molecule has 23 heavy (non-hydrogen) atoms. The van der Waals surface area contributed by atoms with Crippen molar-refractivity contribution in [2.75, 3.05) is 0 Å². The number of rotatable bonds is 2. The molecule has 0 spiro atoms. The lowest BCUT2D eigenvalue weighted by molar-refractivity contribution is -0.135. The number of imide groups is 1. The summed E-state index contributed by atoms with van der Waals surface area (Å²) >= 11 is 0.317. The summed E-state index contributed by atoms with van der Waals surface area (Å²) in [6.45, 7) is 0. The largest absolute Gasteiger partial charge is 0.426 e. The molecule has 5 nitrogen and oxygen atoms in total. The van der Waals surface area contributed by atoms with Gasteiger partial charge in [-0.3, -0.25) is 9.59 Å². The summed E-state index contributed by atoms with van der Waals surface area (Å²) < 4.78 is 38.3. The molecule has 2 heterocycles. The molecule has 1 aliphatic heterocycles. The van der Waals surface area contributed by atoms with Crippen molar-refractivity contribution in [1.82, 2.24) is 5.06 Å². The topological polar surface area (TPSA) is 63.7 Å². The number of hydrogen-bond acceptors (Lipinski definition) is 5. The minimum atomic E-state index is -4.73. The van der Waals surface area contributed by atoms with Crippen LogP contribution < -0.4 is 0 Å². The second kappa shape index (κ2) is 5.20. The van der Waals surface area contributed by atoms with Crippen LogP contribution >= 0.6 is 11.3 Å². The Morgan fingerprint density at radius 2 is 1.61 bits per heavy atom. The minimum absolute atomic E-state index is 0.0201. The van der Waals surface area contributed by atoms with Gasteiger partial charge in [-0.05, 0) is 23.6 Å². The number of benzene rings is 1. The highest BCUT2D eigenvalue weighted by molar-refractivity contribution is 7.10. The molecule has 0 fully saturated rings. The van der Waals surface area contributed by atoms with E-state index in [1.165, 1.54) is 24.3 Å². The summed E-state index contributed by atoms with van der Waals surface area (Å²) in [6.07, 6.45) is -4.73. The first kappa shape index (κ1) is 15.2. The molecule has 0 unspecified atom stereocenters. The van der Waals surface area contributed by atoms with Gasteiger partial charge in [0.25, 0.3) is 11.8 Å². The van der Waals surface area contributed by atoms with Crippen molar-refractivity contribution in [2.45, 2.75) is 6.18 Å². The van der Waals surface area contributed by atoms with Crippen LogP contribution in [0.3, 0.4) is 0 Å². The minimum Gasteiger partial charge on any atom is -0.324 e. The molecule has 0 aliphatic carbocycles. The SMILES string of the molecule is O=C(ON1C(=O)c2ccccc2C1=O)c1ccsc1C(F)(F)F. The molecule has 1 aliphatic rings. The van der Waals surface area contributed by atoms with Crippen molar-refractivity contribution in [3.63, 3.8) is 0 Å². The highest BCUT2D eigenvalue weighted by Crippen LogP contribution is 2.36. The van der Waals surface area contributed by atoms with Crippen molar-refractivity contribution in [3.8, 4) is 0 Å². The monoisotopic (exact) mass is 341 g/mol. The Labute approximate surface area is 130 Å². The van der Waals surface area contributed by atoms with Crippen LogP contribution in [0.2, 0.25) is 0 Å². The van der Waals surface area contributed by atoms with Crippen LogP contribution in [0.15, 0.2) is 35.7 Å². The Kier molecular flexibility index (Phi) is 3.44. The number of carbonyl (C=O) groups is 3. The van der Waals surface area contributed by atoms with Crippen molar-refractivity contribution in [2.24, 2.45) is 0 Å². The molecule has 2 aromatic rings. The van der Waals surface area contributed by atoms with Crippen LogP contribution in [0.5, 0.6) is 0 Å². The molecule has 2 amide bonds. The number of nitrogens with zero attached hydrogens (tertiary/aromatic N) is 1. The third-order valence-electron chi connectivity index (χ3n) is 3.07. The van der Waals surface area contributed by atoms with E-state index < -0.39 is 34.4 Å². The number of hydroxylamine groups is 2. The summed E-state index contributed by atoms with van der Waals surface area (Å²) in [6, 6.07) is 6.66. The standard InChI is InChI=1S/C14H6F3NO4S/c15-14(16,17)10-9(5-6-23-10)13(21)22-18-11(19)7-3-1-2-4-8(7)12(18)20/h1-6H. The predicted octanol–water partition coefficient (Wildman–Crippen LogP) is 3.13. The highest BCUT2D eigenvalue weighted by atomic mass is 32.1. The zero-order valence-electron chi connectivity index (χ0n) is 11.1. The fourth-order valence-corrected chi connectivity index (χ4v) is 2.82. The van der Waals surface area contributed by atoms with E-state index in [1.807, 2.05) is 0 Å². The Balaban J connectivity index is 1.87. The van der Waals surface area contributed by atoms with Gasteiger partial charge in [0, 0.05) is 0 Å². The first-order chi connectivity index (χ1) is 10.8. The van der Waals surface area contributed by atoms with Crippen LogP contribution in [0.4, 0.5) is 13.2 Å². The molecule has 9 heteroatoms. The van der Waals surface area contributed by atoms with Gasteiger partial charge >= 0.3 is 12.1 Å². The lowest BCUT2D eigenvalue weighted by Crippen LogP contribution is -2.33. The number of halogens is 3. The highest BCUT2D eigenvalue weighted by Gasteiger charge is 2.41. The number of fused-ring (bicyclic) bond motifs is 1. The summed E-state index contributed by atoms with van der Waals surface area (Å²) in [4.78, 5) is 39.4. The van der Waals surface area contributed by atoms with Gasteiger partial charge in [-0.2, -0.15) is 13.2 Å². The summed E-state index contributed by atoms with van der Waals surface area (Å²) in [5.74, 6) is -3.22. The van der Waals surface area contributed by atoms with Crippen molar-refractivity contribution >= 4 is 29.1 Å². The van der Waals surface area contributed by atoms with Crippen LogP contribution in [0.25, 0.3) is 0 Å². The van der Waals surface area contributed by atoms with E-state index in [4.69, 9.17) is 0 Å². The maximum absolute atomic E-state index is 12.8. The van der Waals surface area contributed by atoms with Crippen LogP contribution in [0.1, 0.15) is 36.0 Å². The number of alkyl halides is 3. The van der Waals surface area contributed by atoms with Gasteiger partial charge in [-0.1, -0.05) is 17.2 Å². The molecule has 0 atom stereocenters. The second-order valence-electron chi connectivity index (χ2n) is 4.49. The molecule has 0 saturated carbocycles. The fourth-order valence-electron chi connectivity index (χ4n) is 2.07. The number of hydrogen-bond donors (Lipinski definition) is 0. The van der Waals surface area contributed by atoms with Crippen molar-refractivity contribution < 1.29 is 32.4 Å². The van der Waals surface area contributed by atoms with Gasteiger partial charge in [-0.15, -0.1) is 11.3 Å². The van der Waals surface area contributed by atoms with Gasteiger partial charge in [0.05, 0.1) is 16.7 Å². The maximum atomic E-state index is 12.8. The van der Waals surface area contributed by atoms with Gasteiger partial charge < -0.3 is 4.84 Å². The third-order valence-corrected chi connectivity index (χ3v) is 4.03. The average Bonchev–Trinajstić information content (AvgIpc) is 3.08. The third kappa shape index (κ3) is 2.48. The molecule has 0 N–H and O–H groups in total. The summed E-state index contributed by atoms with van der Waals surface area (Å²) in [5.41, 5.74) is -0.711.